The summed E-state index contributed by atoms with van der Waals surface area (Å²) in [6.07, 6.45) is 5.10. The molecule has 0 unspecified atom stereocenters. The second kappa shape index (κ2) is 10.1. The van der Waals surface area contributed by atoms with Crippen LogP contribution in [0.25, 0.3) is 11.1 Å². The Bertz CT molecular complexity index is 1050. The van der Waals surface area contributed by atoms with E-state index >= 15 is 0 Å². The highest BCUT2D eigenvalue weighted by Gasteiger charge is 2.13. The van der Waals surface area contributed by atoms with Crippen LogP contribution in [-0.4, -0.2) is 25.4 Å². The average Bonchev–Trinajstić information content (AvgIpc) is 3.06. The minimum Gasteiger partial charge on any atom is -0.478 e. The van der Waals surface area contributed by atoms with Crippen LogP contribution in [0.2, 0.25) is 0 Å². The first-order valence-corrected chi connectivity index (χ1v) is 10.6. The Hall–Kier alpha value is -3.15. The Morgan fingerprint density at radius 3 is 2.40 bits per heavy atom. The van der Waals surface area contributed by atoms with Gasteiger partial charge in [-0.05, 0) is 29.2 Å². The Morgan fingerprint density at radius 1 is 1.00 bits per heavy atom. The van der Waals surface area contributed by atoms with Gasteiger partial charge in [-0.2, -0.15) is 5.10 Å². The van der Waals surface area contributed by atoms with Crippen LogP contribution >= 0.6 is 0 Å². The van der Waals surface area contributed by atoms with Crippen molar-refractivity contribution in [1.29, 1.82) is 0 Å². The Labute approximate surface area is 176 Å². The zero-order chi connectivity index (χ0) is 21.5. The van der Waals surface area contributed by atoms with E-state index in [1.54, 1.807) is 27.4 Å². The third-order valence-corrected chi connectivity index (χ3v) is 5.30. The van der Waals surface area contributed by atoms with Crippen LogP contribution < -0.4 is 5.69 Å². The fourth-order valence-corrected chi connectivity index (χ4v) is 3.63. The molecule has 6 heteroatoms. The molecule has 0 radical (unpaired) electrons. The summed E-state index contributed by atoms with van der Waals surface area (Å²) in [5, 5.41) is 13.9. The Balaban J connectivity index is 1.80. The summed E-state index contributed by atoms with van der Waals surface area (Å²) >= 11 is 0. The lowest BCUT2D eigenvalue weighted by molar-refractivity contribution is 0.0697. The molecule has 2 aromatic carbocycles. The first-order chi connectivity index (χ1) is 14.5. The van der Waals surface area contributed by atoms with Gasteiger partial charge in [-0.3, -0.25) is 4.57 Å². The topological polar surface area (TPSA) is 77.1 Å². The largest absolute Gasteiger partial charge is 0.478 e. The molecule has 3 rings (SSSR count). The number of aromatic nitrogens is 3. The van der Waals surface area contributed by atoms with Crippen LogP contribution in [0.5, 0.6) is 0 Å². The number of hydrogen-bond acceptors (Lipinski definition) is 3. The number of benzene rings is 2. The molecule has 1 heterocycles. The summed E-state index contributed by atoms with van der Waals surface area (Å²) in [5.74, 6) is -0.157. The smallest absolute Gasteiger partial charge is 0.346 e. The van der Waals surface area contributed by atoms with Crippen molar-refractivity contribution in [2.75, 3.05) is 0 Å². The molecule has 1 aromatic heterocycles. The minimum absolute atomic E-state index is 0.0661. The van der Waals surface area contributed by atoms with Crippen molar-refractivity contribution in [3.05, 3.63) is 76.0 Å². The molecular weight excluding hydrogens is 378 g/mol. The third-order valence-electron chi connectivity index (χ3n) is 5.30. The zero-order valence-corrected chi connectivity index (χ0v) is 17.7. The van der Waals surface area contributed by atoms with Crippen molar-refractivity contribution in [2.24, 2.45) is 0 Å². The highest BCUT2D eigenvalue weighted by atomic mass is 16.4. The van der Waals surface area contributed by atoms with E-state index in [2.05, 4.69) is 12.0 Å². The van der Waals surface area contributed by atoms with E-state index in [0.717, 1.165) is 36.2 Å². The first-order valence-electron chi connectivity index (χ1n) is 10.6. The number of carboxylic acids is 1. The summed E-state index contributed by atoms with van der Waals surface area (Å²) in [6.45, 7) is 5.29. The number of rotatable bonds is 10. The SMILES string of the molecule is CCCCCCn1nc(CC)n(Cc2ccc(-c3ccccc3C(=O)O)cc2)c1=O. The molecule has 0 saturated carbocycles. The van der Waals surface area contributed by atoms with Gasteiger partial charge in [-0.15, -0.1) is 0 Å². The van der Waals surface area contributed by atoms with Crippen molar-refractivity contribution < 1.29 is 9.90 Å². The van der Waals surface area contributed by atoms with Gasteiger partial charge < -0.3 is 5.11 Å². The lowest BCUT2D eigenvalue weighted by Gasteiger charge is -2.08. The van der Waals surface area contributed by atoms with Crippen molar-refractivity contribution in [3.8, 4) is 11.1 Å². The van der Waals surface area contributed by atoms with Gasteiger partial charge in [0.25, 0.3) is 0 Å². The molecule has 158 valence electrons. The van der Waals surface area contributed by atoms with E-state index in [4.69, 9.17) is 0 Å². The third kappa shape index (κ3) is 4.87. The van der Waals surface area contributed by atoms with Crippen LogP contribution in [0, 0.1) is 0 Å². The second-order valence-corrected chi connectivity index (χ2v) is 7.47. The summed E-state index contributed by atoms with van der Waals surface area (Å²) in [5.41, 5.74) is 2.71. The van der Waals surface area contributed by atoms with E-state index in [1.807, 2.05) is 37.3 Å². The Kier molecular flexibility index (Phi) is 7.22. The molecule has 0 bridgehead atoms. The molecule has 0 aliphatic carbocycles. The molecule has 0 amide bonds. The zero-order valence-electron chi connectivity index (χ0n) is 17.7. The number of carboxylic acid groups (broad SMARTS) is 1. The van der Waals surface area contributed by atoms with E-state index in [0.29, 0.717) is 25.1 Å². The second-order valence-electron chi connectivity index (χ2n) is 7.47. The van der Waals surface area contributed by atoms with E-state index in [1.165, 1.54) is 6.42 Å². The van der Waals surface area contributed by atoms with Crippen molar-refractivity contribution in [1.82, 2.24) is 14.3 Å². The standard InChI is InChI=1S/C24H29N3O3/c1-3-5-6-9-16-27-24(30)26(22(4-2)25-27)17-18-12-14-19(15-13-18)20-10-7-8-11-21(20)23(28)29/h7-8,10-15H,3-6,9,16-17H2,1-2H3,(H,28,29). The molecule has 6 nitrogen and oxygen atoms in total. The lowest BCUT2D eigenvalue weighted by Crippen LogP contribution is -2.26. The quantitative estimate of drug-likeness (QED) is 0.498. The number of hydrogen-bond donors (Lipinski definition) is 1. The molecule has 1 N–H and O–H groups in total. The molecule has 0 aliphatic heterocycles. The predicted octanol–water partition coefficient (Wildman–Crippen LogP) is 4.60. The fraction of sp³-hybridized carbons (Fsp3) is 0.375. The lowest BCUT2D eigenvalue weighted by atomic mass is 9.99. The predicted molar refractivity (Wildman–Crippen MR) is 118 cm³/mol. The maximum atomic E-state index is 12.8. The van der Waals surface area contributed by atoms with Gasteiger partial charge in [0.15, 0.2) is 0 Å². The molecule has 0 fully saturated rings. The van der Waals surface area contributed by atoms with Crippen molar-refractivity contribution >= 4 is 5.97 Å². The van der Waals surface area contributed by atoms with Crippen LogP contribution in [0.15, 0.2) is 53.3 Å². The van der Waals surface area contributed by atoms with E-state index in [9.17, 15) is 14.7 Å². The molecule has 0 saturated heterocycles. The number of unbranched alkanes of at least 4 members (excludes halogenated alkanes) is 3. The van der Waals surface area contributed by atoms with E-state index < -0.39 is 5.97 Å². The van der Waals surface area contributed by atoms with E-state index in [-0.39, 0.29) is 11.3 Å². The summed E-state index contributed by atoms with van der Waals surface area (Å²) in [6, 6.07) is 14.7. The molecule has 0 atom stereocenters. The number of nitrogens with zero attached hydrogens (tertiary/aromatic N) is 3. The van der Waals surface area contributed by atoms with Crippen LogP contribution in [0.3, 0.4) is 0 Å². The van der Waals surface area contributed by atoms with Gasteiger partial charge in [0.1, 0.15) is 5.82 Å². The maximum absolute atomic E-state index is 12.8. The monoisotopic (exact) mass is 407 g/mol. The summed E-state index contributed by atoms with van der Waals surface area (Å²) in [4.78, 5) is 24.3. The minimum atomic E-state index is -0.944. The number of carbonyl (C=O) groups is 1. The van der Waals surface area contributed by atoms with Crippen molar-refractivity contribution in [3.63, 3.8) is 0 Å². The van der Waals surface area contributed by atoms with Gasteiger partial charge in [0, 0.05) is 13.0 Å². The Morgan fingerprint density at radius 2 is 1.73 bits per heavy atom. The van der Waals surface area contributed by atoms with Gasteiger partial charge in [-0.25, -0.2) is 14.3 Å². The highest BCUT2D eigenvalue weighted by molar-refractivity contribution is 5.95. The fourth-order valence-electron chi connectivity index (χ4n) is 3.63. The average molecular weight is 408 g/mol. The molecule has 3 aromatic rings. The summed E-state index contributed by atoms with van der Waals surface area (Å²) < 4.78 is 3.33. The molecule has 0 aliphatic rings. The van der Waals surface area contributed by atoms with Gasteiger partial charge in [0.2, 0.25) is 0 Å². The summed E-state index contributed by atoms with van der Waals surface area (Å²) in [7, 11) is 0. The molecule has 0 spiro atoms. The molecular formula is C24H29N3O3. The normalized spacial score (nSPS) is 11.0. The highest BCUT2D eigenvalue weighted by Crippen LogP contribution is 2.24. The maximum Gasteiger partial charge on any atom is 0.346 e. The number of aryl methyl sites for hydroxylation is 2. The molecule has 30 heavy (non-hydrogen) atoms. The van der Waals surface area contributed by atoms with Gasteiger partial charge in [-0.1, -0.05) is 75.6 Å². The van der Waals surface area contributed by atoms with Crippen LogP contribution in [0.4, 0.5) is 0 Å². The van der Waals surface area contributed by atoms with Crippen molar-refractivity contribution in [2.45, 2.75) is 59.0 Å². The first kappa shape index (κ1) is 21.6. The van der Waals surface area contributed by atoms with Crippen LogP contribution in [-0.2, 0) is 19.5 Å². The van der Waals surface area contributed by atoms with Gasteiger partial charge >= 0.3 is 11.7 Å². The van der Waals surface area contributed by atoms with Gasteiger partial charge in [0.05, 0.1) is 12.1 Å². The van der Waals surface area contributed by atoms with Crippen LogP contribution in [0.1, 0.15) is 61.3 Å². The number of aromatic carboxylic acids is 1.